The van der Waals surface area contributed by atoms with Crippen LogP contribution in [0, 0.1) is 4.77 Å². The molecule has 1 unspecified atom stereocenters. The van der Waals surface area contributed by atoms with Crippen LogP contribution in [-0.4, -0.2) is 39.2 Å². The third-order valence-electron chi connectivity index (χ3n) is 3.25. The Morgan fingerprint density at radius 2 is 2.37 bits per heavy atom. The molecule has 2 heterocycles. The summed E-state index contributed by atoms with van der Waals surface area (Å²) in [5.74, 6) is 4.60. The van der Waals surface area contributed by atoms with Crippen molar-refractivity contribution in [2.45, 2.75) is 11.8 Å². The first-order chi connectivity index (χ1) is 9.28. The number of imidazole rings is 1. The molecule has 6 heteroatoms. The molecule has 3 rings (SSSR count). The lowest BCUT2D eigenvalue weighted by Crippen LogP contribution is -2.20. The van der Waals surface area contributed by atoms with E-state index in [0.717, 1.165) is 28.1 Å². The molecule has 1 aromatic carbocycles. The minimum absolute atomic E-state index is 0.649. The third-order valence-corrected chi connectivity index (χ3v) is 6.40. The second kappa shape index (κ2) is 5.81. The average molecular weight is 312 g/mol. The highest BCUT2D eigenvalue weighted by Crippen LogP contribution is 2.27. The summed E-state index contributed by atoms with van der Waals surface area (Å²) in [6, 6.07) is 6.05. The number of aromatic nitrogens is 2. The summed E-state index contributed by atoms with van der Waals surface area (Å²) in [7, 11) is 1.69. The molecular weight excluding hydrogens is 296 g/mol. The first kappa shape index (κ1) is 13.4. The largest absolute Gasteiger partial charge is 0.497 e. The SMILES string of the molecule is COc1ccc2[nH]c(=S)n(CC3CSCCS3)c2c1. The van der Waals surface area contributed by atoms with Gasteiger partial charge in [0.1, 0.15) is 5.75 Å². The molecule has 0 bridgehead atoms. The Morgan fingerprint density at radius 1 is 1.47 bits per heavy atom. The minimum atomic E-state index is 0.649. The van der Waals surface area contributed by atoms with Crippen molar-refractivity contribution in [3.05, 3.63) is 23.0 Å². The molecule has 1 fully saturated rings. The fourth-order valence-electron chi connectivity index (χ4n) is 2.29. The first-order valence-corrected chi connectivity index (χ1v) is 8.85. The van der Waals surface area contributed by atoms with Crippen LogP contribution in [0.4, 0.5) is 0 Å². The molecule has 1 aliphatic heterocycles. The van der Waals surface area contributed by atoms with Gasteiger partial charge in [-0.2, -0.15) is 23.5 Å². The topological polar surface area (TPSA) is 29.9 Å². The Morgan fingerprint density at radius 3 is 3.11 bits per heavy atom. The zero-order valence-electron chi connectivity index (χ0n) is 10.7. The molecule has 102 valence electrons. The third kappa shape index (κ3) is 2.80. The Labute approximate surface area is 126 Å². The summed E-state index contributed by atoms with van der Waals surface area (Å²) >= 11 is 9.55. The molecule has 0 spiro atoms. The Balaban J connectivity index is 1.96. The Bertz CT molecular complexity index is 628. The molecule has 19 heavy (non-hydrogen) atoms. The molecule has 3 nitrogen and oxygen atoms in total. The lowest BCUT2D eigenvalue weighted by Gasteiger charge is -2.21. The molecule has 1 N–H and O–H groups in total. The average Bonchev–Trinajstić information content (AvgIpc) is 2.76. The smallest absolute Gasteiger partial charge is 0.178 e. The van der Waals surface area contributed by atoms with E-state index >= 15 is 0 Å². The van der Waals surface area contributed by atoms with Crippen molar-refractivity contribution >= 4 is 46.8 Å². The highest BCUT2D eigenvalue weighted by Gasteiger charge is 2.16. The second-order valence-electron chi connectivity index (χ2n) is 4.49. The van der Waals surface area contributed by atoms with Gasteiger partial charge in [0, 0.05) is 35.1 Å². The Kier molecular flexibility index (Phi) is 4.10. The maximum absolute atomic E-state index is 5.45. The summed E-state index contributed by atoms with van der Waals surface area (Å²) < 4.78 is 8.32. The number of thioether (sulfide) groups is 2. The van der Waals surface area contributed by atoms with Gasteiger partial charge in [0.15, 0.2) is 4.77 Å². The van der Waals surface area contributed by atoms with Crippen LogP contribution >= 0.6 is 35.7 Å². The van der Waals surface area contributed by atoms with Gasteiger partial charge in [-0.05, 0) is 24.4 Å². The van der Waals surface area contributed by atoms with Gasteiger partial charge >= 0.3 is 0 Å². The number of rotatable bonds is 3. The Hall–Kier alpha value is -0.590. The molecule has 1 saturated heterocycles. The van der Waals surface area contributed by atoms with Crippen molar-refractivity contribution in [3.8, 4) is 5.75 Å². The van der Waals surface area contributed by atoms with Crippen molar-refractivity contribution in [1.82, 2.24) is 9.55 Å². The van der Waals surface area contributed by atoms with E-state index < -0.39 is 0 Å². The molecule has 1 aromatic heterocycles. The van der Waals surface area contributed by atoms with Crippen LogP contribution in [0.15, 0.2) is 18.2 Å². The van der Waals surface area contributed by atoms with Crippen molar-refractivity contribution in [2.75, 3.05) is 24.4 Å². The lowest BCUT2D eigenvalue weighted by atomic mass is 10.3. The monoisotopic (exact) mass is 312 g/mol. The van der Waals surface area contributed by atoms with E-state index in [1.54, 1.807) is 7.11 Å². The van der Waals surface area contributed by atoms with Gasteiger partial charge in [-0.1, -0.05) is 0 Å². The van der Waals surface area contributed by atoms with Gasteiger partial charge in [-0.3, -0.25) is 0 Å². The molecule has 0 radical (unpaired) electrons. The van der Waals surface area contributed by atoms with Gasteiger partial charge in [0.05, 0.1) is 18.1 Å². The van der Waals surface area contributed by atoms with E-state index in [1.807, 2.05) is 23.9 Å². The molecule has 0 saturated carbocycles. The van der Waals surface area contributed by atoms with Crippen molar-refractivity contribution in [3.63, 3.8) is 0 Å². The van der Waals surface area contributed by atoms with E-state index in [-0.39, 0.29) is 0 Å². The molecule has 1 aliphatic rings. The van der Waals surface area contributed by atoms with E-state index in [0.29, 0.717) is 5.25 Å². The maximum atomic E-state index is 5.45. The van der Waals surface area contributed by atoms with Crippen LogP contribution in [0.2, 0.25) is 0 Å². The number of H-pyrrole nitrogens is 1. The highest BCUT2D eigenvalue weighted by atomic mass is 32.2. The van der Waals surface area contributed by atoms with Gasteiger partial charge in [0.25, 0.3) is 0 Å². The van der Waals surface area contributed by atoms with Crippen LogP contribution in [0.1, 0.15) is 0 Å². The van der Waals surface area contributed by atoms with Gasteiger partial charge in [-0.25, -0.2) is 0 Å². The number of aromatic amines is 1. The zero-order valence-corrected chi connectivity index (χ0v) is 13.2. The number of hydrogen-bond acceptors (Lipinski definition) is 4. The quantitative estimate of drug-likeness (QED) is 0.878. The predicted octanol–water partition coefficient (Wildman–Crippen LogP) is 3.56. The number of benzene rings is 1. The molecule has 0 aliphatic carbocycles. The summed E-state index contributed by atoms with van der Waals surface area (Å²) in [5, 5.41) is 0.649. The van der Waals surface area contributed by atoms with E-state index in [4.69, 9.17) is 17.0 Å². The number of methoxy groups -OCH3 is 1. The molecule has 0 amide bonds. The fraction of sp³-hybridized carbons (Fsp3) is 0.462. The van der Waals surface area contributed by atoms with Crippen molar-refractivity contribution in [2.24, 2.45) is 0 Å². The highest BCUT2D eigenvalue weighted by molar-refractivity contribution is 8.06. The maximum Gasteiger partial charge on any atom is 0.178 e. The summed E-state index contributed by atoms with van der Waals surface area (Å²) in [4.78, 5) is 3.27. The predicted molar refractivity (Wildman–Crippen MR) is 87.2 cm³/mol. The van der Waals surface area contributed by atoms with Crippen LogP contribution < -0.4 is 4.74 Å². The standard InChI is InChI=1S/C13H16N2OS3/c1-16-9-2-3-11-12(6-9)15(13(17)14-11)7-10-8-18-4-5-19-10/h2-3,6,10H,4-5,7-8H2,1H3,(H,14,17). The lowest BCUT2D eigenvalue weighted by molar-refractivity contribution is 0.415. The van der Waals surface area contributed by atoms with E-state index in [2.05, 4.69) is 27.4 Å². The number of nitrogens with zero attached hydrogens (tertiary/aromatic N) is 1. The van der Waals surface area contributed by atoms with Crippen LogP contribution in [0.25, 0.3) is 11.0 Å². The fourth-order valence-corrected chi connectivity index (χ4v) is 5.22. The van der Waals surface area contributed by atoms with Gasteiger partial charge in [-0.15, -0.1) is 0 Å². The summed E-state index contributed by atoms with van der Waals surface area (Å²) in [5.41, 5.74) is 2.22. The second-order valence-corrected chi connectivity index (χ2v) is 7.44. The van der Waals surface area contributed by atoms with Crippen LogP contribution in [0.3, 0.4) is 0 Å². The molecule has 2 aromatic rings. The van der Waals surface area contributed by atoms with E-state index in [1.165, 1.54) is 17.3 Å². The zero-order chi connectivity index (χ0) is 13.2. The number of fused-ring (bicyclic) bond motifs is 1. The number of nitrogens with one attached hydrogen (secondary N) is 1. The normalized spacial score (nSPS) is 19.7. The van der Waals surface area contributed by atoms with E-state index in [9.17, 15) is 0 Å². The summed E-state index contributed by atoms with van der Waals surface area (Å²) in [6.07, 6.45) is 0. The van der Waals surface area contributed by atoms with Crippen LogP contribution in [-0.2, 0) is 6.54 Å². The van der Waals surface area contributed by atoms with Crippen LogP contribution in [0.5, 0.6) is 5.75 Å². The van der Waals surface area contributed by atoms with Gasteiger partial charge < -0.3 is 14.3 Å². The van der Waals surface area contributed by atoms with Crippen molar-refractivity contribution < 1.29 is 4.74 Å². The molecular formula is C13H16N2OS3. The van der Waals surface area contributed by atoms with Gasteiger partial charge in [0.2, 0.25) is 0 Å². The van der Waals surface area contributed by atoms with Crippen molar-refractivity contribution in [1.29, 1.82) is 0 Å². The minimum Gasteiger partial charge on any atom is -0.497 e. The summed E-state index contributed by atoms with van der Waals surface area (Å²) in [6.45, 7) is 0.976. The molecule has 1 atom stereocenters. The first-order valence-electron chi connectivity index (χ1n) is 6.24. The number of ether oxygens (including phenoxy) is 1. The number of hydrogen-bond donors (Lipinski definition) is 1.